The first-order valence-corrected chi connectivity index (χ1v) is 5.44. The van der Waals surface area contributed by atoms with Gasteiger partial charge >= 0.3 is 5.97 Å². The summed E-state index contributed by atoms with van der Waals surface area (Å²) in [5.74, 6) is -0.275. The molecule has 0 saturated carbocycles. The molecule has 0 saturated heterocycles. The van der Waals surface area contributed by atoms with Gasteiger partial charge < -0.3 is 10.1 Å². The summed E-state index contributed by atoms with van der Waals surface area (Å²) in [4.78, 5) is 11.2. The molecule has 0 bridgehead atoms. The van der Waals surface area contributed by atoms with E-state index in [0.717, 1.165) is 15.7 Å². The zero-order valence-electron chi connectivity index (χ0n) is 9.00. The van der Waals surface area contributed by atoms with Crippen LogP contribution in [0.5, 0.6) is 0 Å². The van der Waals surface area contributed by atoms with Crippen LogP contribution in [0.3, 0.4) is 0 Å². The Morgan fingerprint density at radius 2 is 2.20 bits per heavy atom. The minimum absolute atomic E-state index is 0.275. The summed E-state index contributed by atoms with van der Waals surface area (Å²) in [5.41, 5.74) is 2.05. The fourth-order valence-electron chi connectivity index (χ4n) is 1.21. The number of ether oxygens (including phenoxy) is 1. The maximum atomic E-state index is 11.2. The van der Waals surface area contributed by atoms with Gasteiger partial charge in [-0.15, -0.1) is 0 Å². The van der Waals surface area contributed by atoms with Crippen LogP contribution in [0, 0.1) is 6.92 Å². The number of rotatable bonds is 3. The van der Waals surface area contributed by atoms with Gasteiger partial charge in [0.15, 0.2) is 0 Å². The number of nitrogens with one attached hydrogen (secondary N) is 1. The lowest BCUT2D eigenvalue weighted by Gasteiger charge is -2.14. The third kappa shape index (κ3) is 3.23. The van der Waals surface area contributed by atoms with E-state index in [2.05, 4.69) is 26.0 Å². The van der Waals surface area contributed by atoms with Crippen molar-refractivity contribution in [1.82, 2.24) is 0 Å². The Morgan fingerprint density at radius 3 is 2.73 bits per heavy atom. The zero-order valence-corrected chi connectivity index (χ0v) is 10.6. The van der Waals surface area contributed by atoms with Gasteiger partial charge in [-0.25, -0.2) is 4.79 Å². The molecule has 1 N–H and O–H groups in total. The molecule has 1 rings (SSSR count). The first-order chi connectivity index (χ1) is 7.04. The van der Waals surface area contributed by atoms with Gasteiger partial charge in [0.25, 0.3) is 0 Å². The third-order valence-corrected chi connectivity index (χ3v) is 2.71. The van der Waals surface area contributed by atoms with Crippen molar-refractivity contribution in [2.75, 3.05) is 12.4 Å². The normalized spacial score (nSPS) is 12.0. The minimum Gasteiger partial charge on any atom is -0.467 e. The molecule has 1 unspecified atom stereocenters. The molecule has 0 fully saturated rings. The zero-order chi connectivity index (χ0) is 11.4. The van der Waals surface area contributed by atoms with Crippen LogP contribution in [0.1, 0.15) is 12.5 Å². The number of benzene rings is 1. The van der Waals surface area contributed by atoms with Crippen LogP contribution in [0.2, 0.25) is 0 Å². The quantitative estimate of drug-likeness (QED) is 0.860. The van der Waals surface area contributed by atoms with Crippen LogP contribution in [0.25, 0.3) is 0 Å². The van der Waals surface area contributed by atoms with E-state index in [1.165, 1.54) is 7.11 Å². The summed E-state index contributed by atoms with van der Waals surface area (Å²) < 4.78 is 5.57. The van der Waals surface area contributed by atoms with Crippen LogP contribution in [0.15, 0.2) is 22.7 Å². The summed E-state index contributed by atoms with van der Waals surface area (Å²) in [6.45, 7) is 3.77. The topological polar surface area (TPSA) is 38.3 Å². The van der Waals surface area contributed by atoms with Crippen molar-refractivity contribution in [3.8, 4) is 0 Å². The second kappa shape index (κ2) is 5.16. The highest BCUT2D eigenvalue weighted by Gasteiger charge is 2.13. The Balaban J connectivity index is 2.76. The van der Waals surface area contributed by atoms with E-state index in [0.29, 0.717) is 0 Å². The SMILES string of the molecule is COC(=O)C(C)Nc1ccc(C)cc1Br. The molecule has 0 aliphatic rings. The number of carbonyl (C=O) groups excluding carboxylic acids is 1. The first-order valence-electron chi connectivity index (χ1n) is 4.65. The van der Waals surface area contributed by atoms with E-state index in [1.54, 1.807) is 6.92 Å². The number of carbonyl (C=O) groups is 1. The Labute approximate surface area is 97.9 Å². The summed E-state index contributed by atoms with van der Waals surface area (Å²) in [5, 5.41) is 3.07. The van der Waals surface area contributed by atoms with Gasteiger partial charge in [0.2, 0.25) is 0 Å². The number of hydrogen-bond donors (Lipinski definition) is 1. The molecule has 0 aliphatic carbocycles. The number of methoxy groups -OCH3 is 1. The monoisotopic (exact) mass is 271 g/mol. The molecule has 0 radical (unpaired) electrons. The lowest BCUT2D eigenvalue weighted by molar-refractivity contribution is -0.141. The molecule has 0 amide bonds. The van der Waals surface area contributed by atoms with Gasteiger partial charge in [-0.3, -0.25) is 0 Å². The molecular weight excluding hydrogens is 258 g/mol. The van der Waals surface area contributed by atoms with E-state index in [1.807, 2.05) is 25.1 Å². The molecule has 1 aromatic carbocycles. The predicted molar refractivity (Wildman–Crippen MR) is 64.0 cm³/mol. The van der Waals surface area contributed by atoms with Crippen LogP contribution in [-0.4, -0.2) is 19.1 Å². The predicted octanol–water partition coefficient (Wildman–Crippen LogP) is 2.73. The smallest absolute Gasteiger partial charge is 0.327 e. The first kappa shape index (κ1) is 12.0. The number of hydrogen-bond acceptors (Lipinski definition) is 3. The summed E-state index contributed by atoms with van der Waals surface area (Å²) >= 11 is 3.43. The number of esters is 1. The van der Waals surface area contributed by atoms with E-state index in [9.17, 15) is 4.79 Å². The molecule has 0 aliphatic heterocycles. The van der Waals surface area contributed by atoms with Crippen LogP contribution in [0.4, 0.5) is 5.69 Å². The fraction of sp³-hybridized carbons (Fsp3) is 0.364. The van der Waals surface area contributed by atoms with Gasteiger partial charge in [-0.05, 0) is 47.5 Å². The highest BCUT2D eigenvalue weighted by atomic mass is 79.9. The van der Waals surface area contributed by atoms with E-state index in [-0.39, 0.29) is 12.0 Å². The fourth-order valence-corrected chi connectivity index (χ4v) is 1.81. The van der Waals surface area contributed by atoms with Crippen LogP contribution < -0.4 is 5.32 Å². The Bertz CT molecular complexity index is 366. The van der Waals surface area contributed by atoms with Crippen molar-refractivity contribution in [2.45, 2.75) is 19.9 Å². The van der Waals surface area contributed by atoms with Crippen molar-refractivity contribution in [2.24, 2.45) is 0 Å². The second-order valence-corrected chi connectivity index (χ2v) is 4.23. The van der Waals surface area contributed by atoms with Gasteiger partial charge in [0.05, 0.1) is 7.11 Å². The Hall–Kier alpha value is -1.03. The summed E-state index contributed by atoms with van der Waals surface area (Å²) in [7, 11) is 1.38. The summed E-state index contributed by atoms with van der Waals surface area (Å²) in [6, 6.07) is 5.55. The van der Waals surface area contributed by atoms with Crippen molar-refractivity contribution >= 4 is 27.6 Å². The van der Waals surface area contributed by atoms with Gasteiger partial charge in [0, 0.05) is 10.2 Å². The van der Waals surface area contributed by atoms with Crippen LogP contribution in [-0.2, 0) is 9.53 Å². The lowest BCUT2D eigenvalue weighted by Crippen LogP contribution is -2.27. The highest BCUT2D eigenvalue weighted by molar-refractivity contribution is 9.10. The molecule has 0 aromatic heterocycles. The van der Waals surface area contributed by atoms with Crippen molar-refractivity contribution < 1.29 is 9.53 Å². The van der Waals surface area contributed by atoms with Gasteiger partial charge in [0.1, 0.15) is 6.04 Å². The van der Waals surface area contributed by atoms with Gasteiger partial charge in [-0.1, -0.05) is 6.07 Å². The molecule has 1 aromatic rings. The van der Waals surface area contributed by atoms with Crippen molar-refractivity contribution in [1.29, 1.82) is 0 Å². The largest absolute Gasteiger partial charge is 0.467 e. The van der Waals surface area contributed by atoms with Crippen molar-refractivity contribution in [3.05, 3.63) is 28.2 Å². The Morgan fingerprint density at radius 1 is 1.53 bits per heavy atom. The lowest BCUT2D eigenvalue weighted by atomic mass is 10.2. The number of aryl methyl sites for hydroxylation is 1. The standard InChI is InChI=1S/C11H14BrNO2/c1-7-4-5-10(9(12)6-7)13-8(2)11(14)15-3/h4-6,8,13H,1-3H3. The van der Waals surface area contributed by atoms with Gasteiger partial charge in [-0.2, -0.15) is 0 Å². The van der Waals surface area contributed by atoms with Crippen LogP contribution >= 0.6 is 15.9 Å². The average molecular weight is 272 g/mol. The molecule has 1 atom stereocenters. The molecule has 82 valence electrons. The Kier molecular flexibility index (Phi) is 4.15. The molecule has 15 heavy (non-hydrogen) atoms. The maximum Gasteiger partial charge on any atom is 0.327 e. The molecule has 0 heterocycles. The van der Waals surface area contributed by atoms with E-state index >= 15 is 0 Å². The van der Waals surface area contributed by atoms with E-state index < -0.39 is 0 Å². The number of anilines is 1. The maximum absolute atomic E-state index is 11.2. The molecule has 4 heteroatoms. The molecular formula is C11H14BrNO2. The average Bonchev–Trinajstić information content (AvgIpc) is 2.20. The van der Waals surface area contributed by atoms with E-state index in [4.69, 9.17) is 0 Å². The molecule has 0 spiro atoms. The summed E-state index contributed by atoms with van der Waals surface area (Å²) in [6.07, 6.45) is 0. The highest BCUT2D eigenvalue weighted by Crippen LogP contribution is 2.23. The molecule has 3 nitrogen and oxygen atoms in total. The second-order valence-electron chi connectivity index (χ2n) is 3.37. The minimum atomic E-state index is -0.353. The number of halogens is 1. The third-order valence-electron chi connectivity index (χ3n) is 2.05. The van der Waals surface area contributed by atoms with Crippen molar-refractivity contribution in [3.63, 3.8) is 0 Å².